The molecule has 2 aromatic heterocycles. The highest BCUT2D eigenvalue weighted by Crippen LogP contribution is 2.17. The topological polar surface area (TPSA) is 76.7 Å². The molecular formula is C6H7N5OS. The maximum Gasteiger partial charge on any atom is 0.142 e. The molecule has 0 aliphatic rings. The van der Waals surface area contributed by atoms with Crippen LogP contribution in [0.5, 0.6) is 0 Å². The van der Waals surface area contributed by atoms with Gasteiger partial charge in [-0.3, -0.25) is 0 Å². The van der Waals surface area contributed by atoms with Crippen molar-refractivity contribution in [3.05, 3.63) is 23.8 Å². The summed E-state index contributed by atoms with van der Waals surface area (Å²) >= 11 is 1.06. The van der Waals surface area contributed by atoms with E-state index >= 15 is 0 Å². The van der Waals surface area contributed by atoms with E-state index < -0.39 is 6.10 Å². The quantitative estimate of drug-likeness (QED) is 0.718. The minimum Gasteiger partial charge on any atom is -0.380 e. The van der Waals surface area contributed by atoms with Gasteiger partial charge in [0.1, 0.15) is 11.8 Å². The van der Waals surface area contributed by atoms with Gasteiger partial charge in [0.15, 0.2) is 0 Å². The number of hydrogen-bond donors (Lipinski definition) is 1. The van der Waals surface area contributed by atoms with Crippen molar-refractivity contribution in [2.75, 3.05) is 0 Å². The summed E-state index contributed by atoms with van der Waals surface area (Å²) in [4.78, 5) is 0. The van der Waals surface area contributed by atoms with Gasteiger partial charge < -0.3 is 5.11 Å². The minimum atomic E-state index is -0.793. The van der Waals surface area contributed by atoms with Crippen LogP contribution < -0.4 is 0 Å². The van der Waals surface area contributed by atoms with Gasteiger partial charge in [-0.05, 0) is 0 Å². The smallest absolute Gasteiger partial charge is 0.142 e. The zero-order chi connectivity index (χ0) is 9.26. The van der Waals surface area contributed by atoms with E-state index in [0.717, 1.165) is 11.7 Å². The number of aromatic nitrogens is 5. The maximum atomic E-state index is 9.75. The summed E-state index contributed by atoms with van der Waals surface area (Å²) in [6.07, 6.45) is 2.24. The van der Waals surface area contributed by atoms with Crippen molar-refractivity contribution < 1.29 is 5.11 Å². The van der Waals surface area contributed by atoms with Crippen LogP contribution in [0.1, 0.15) is 17.5 Å². The van der Waals surface area contributed by atoms with E-state index in [0.29, 0.717) is 11.4 Å². The fraction of sp³-hybridized carbons (Fsp3) is 0.333. The molecule has 6 nitrogen and oxygen atoms in total. The van der Waals surface area contributed by atoms with Crippen LogP contribution >= 0.6 is 11.7 Å². The zero-order valence-corrected chi connectivity index (χ0v) is 7.64. The van der Waals surface area contributed by atoms with Crippen molar-refractivity contribution >= 4 is 11.7 Å². The number of aliphatic hydroxyl groups is 1. The van der Waals surface area contributed by atoms with Gasteiger partial charge in [-0.2, -0.15) is 8.75 Å². The lowest BCUT2D eigenvalue weighted by molar-refractivity contribution is 0.206. The highest BCUT2D eigenvalue weighted by atomic mass is 32.1. The van der Waals surface area contributed by atoms with Crippen LogP contribution in [0.2, 0.25) is 0 Å². The van der Waals surface area contributed by atoms with Gasteiger partial charge in [0.05, 0.1) is 29.8 Å². The summed E-state index contributed by atoms with van der Waals surface area (Å²) in [5.74, 6) is 0. The molecule has 1 atom stereocenters. The third-order valence-electron chi connectivity index (χ3n) is 1.69. The van der Waals surface area contributed by atoms with Gasteiger partial charge in [-0.25, -0.2) is 4.68 Å². The standard InChI is InChI=1S/C6H7N5OS/c1-11-5(3-7-10-11)6(12)4-2-8-13-9-4/h2-3,6,12H,1H3. The molecule has 1 unspecified atom stereocenters. The van der Waals surface area contributed by atoms with E-state index in [9.17, 15) is 5.11 Å². The van der Waals surface area contributed by atoms with Crippen LogP contribution in [0.15, 0.2) is 12.4 Å². The van der Waals surface area contributed by atoms with Gasteiger partial charge in [-0.15, -0.1) is 5.10 Å². The predicted molar refractivity (Wildman–Crippen MR) is 45.0 cm³/mol. The molecule has 13 heavy (non-hydrogen) atoms. The Morgan fingerprint density at radius 3 is 2.92 bits per heavy atom. The van der Waals surface area contributed by atoms with Crippen molar-refractivity contribution in [2.45, 2.75) is 6.10 Å². The fourth-order valence-electron chi connectivity index (χ4n) is 0.989. The van der Waals surface area contributed by atoms with Crippen LogP contribution in [0, 0.1) is 0 Å². The number of aliphatic hydroxyl groups excluding tert-OH is 1. The van der Waals surface area contributed by atoms with Gasteiger partial charge >= 0.3 is 0 Å². The molecule has 68 valence electrons. The molecule has 2 aromatic rings. The molecule has 7 heteroatoms. The van der Waals surface area contributed by atoms with Crippen LogP contribution in [0.4, 0.5) is 0 Å². The Morgan fingerprint density at radius 2 is 2.38 bits per heavy atom. The molecule has 0 aliphatic carbocycles. The predicted octanol–water partition coefficient (Wildman–Crippen LogP) is -0.252. The molecule has 0 aromatic carbocycles. The van der Waals surface area contributed by atoms with Crippen molar-refractivity contribution in [3.63, 3.8) is 0 Å². The minimum absolute atomic E-state index is 0.524. The Morgan fingerprint density at radius 1 is 1.54 bits per heavy atom. The highest BCUT2D eigenvalue weighted by molar-refractivity contribution is 6.99. The zero-order valence-electron chi connectivity index (χ0n) is 6.82. The van der Waals surface area contributed by atoms with Gasteiger partial charge in [-0.1, -0.05) is 5.21 Å². The highest BCUT2D eigenvalue weighted by Gasteiger charge is 2.16. The fourth-order valence-corrected chi connectivity index (χ4v) is 1.43. The molecular weight excluding hydrogens is 190 g/mol. The van der Waals surface area contributed by atoms with Crippen molar-refractivity contribution in [1.82, 2.24) is 23.7 Å². The summed E-state index contributed by atoms with van der Waals surface area (Å²) in [5, 5.41) is 17.1. The van der Waals surface area contributed by atoms with E-state index in [4.69, 9.17) is 0 Å². The molecule has 0 saturated carbocycles. The molecule has 2 rings (SSSR count). The Hall–Kier alpha value is -1.34. The Labute approximate surface area is 78.2 Å². The second kappa shape index (κ2) is 3.19. The third-order valence-corrected chi connectivity index (χ3v) is 2.18. The summed E-state index contributed by atoms with van der Waals surface area (Å²) in [6.45, 7) is 0. The monoisotopic (exact) mass is 197 g/mol. The largest absolute Gasteiger partial charge is 0.380 e. The normalized spacial score (nSPS) is 13.1. The number of hydrogen-bond acceptors (Lipinski definition) is 6. The third kappa shape index (κ3) is 1.43. The first-order valence-electron chi connectivity index (χ1n) is 3.59. The lowest BCUT2D eigenvalue weighted by atomic mass is 10.2. The Balaban J connectivity index is 2.33. The summed E-state index contributed by atoms with van der Waals surface area (Å²) in [5.41, 5.74) is 1.13. The molecule has 0 saturated heterocycles. The van der Waals surface area contributed by atoms with Gasteiger partial charge in [0, 0.05) is 7.05 Å². The summed E-state index contributed by atoms with van der Waals surface area (Å²) in [6, 6.07) is 0. The van der Waals surface area contributed by atoms with Crippen LogP contribution in [0.25, 0.3) is 0 Å². The summed E-state index contributed by atoms with van der Waals surface area (Å²) < 4.78 is 9.23. The van der Waals surface area contributed by atoms with Gasteiger partial charge in [0.25, 0.3) is 0 Å². The lowest BCUT2D eigenvalue weighted by Gasteiger charge is -2.05. The number of aryl methyl sites for hydroxylation is 1. The number of rotatable bonds is 2. The average Bonchev–Trinajstić information content (AvgIpc) is 2.72. The van der Waals surface area contributed by atoms with Crippen LogP contribution in [0.3, 0.4) is 0 Å². The van der Waals surface area contributed by atoms with Crippen molar-refractivity contribution in [2.24, 2.45) is 7.05 Å². The molecule has 0 fully saturated rings. The molecule has 0 aliphatic heterocycles. The van der Waals surface area contributed by atoms with Gasteiger partial charge in [0.2, 0.25) is 0 Å². The van der Waals surface area contributed by atoms with Crippen molar-refractivity contribution in [1.29, 1.82) is 0 Å². The van der Waals surface area contributed by atoms with Crippen LogP contribution in [-0.4, -0.2) is 28.8 Å². The molecule has 1 N–H and O–H groups in total. The van der Waals surface area contributed by atoms with E-state index in [1.807, 2.05) is 0 Å². The van der Waals surface area contributed by atoms with E-state index in [-0.39, 0.29) is 0 Å². The van der Waals surface area contributed by atoms with E-state index in [2.05, 4.69) is 19.1 Å². The molecule has 0 spiro atoms. The summed E-state index contributed by atoms with van der Waals surface area (Å²) in [7, 11) is 1.71. The second-order valence-corrected chi connectivity index (χ2v) is 3.07. The molecule has 0 bridgehead atoms. The first-order valence-corrected chi connectivity index (χ1v) is 4.32. The lowest BCUT2D eigenvalue weighted by Crippen LogP contribution is -2.06. The average molecular weight is 197 g/mol. The maximum absolute atomic E-state index is 9.75. The molecule has 2 heterocycles. The Bertz CT molecular complexity index is 383. The SMILES string of the molecule is Cn1nncc1C(O)c1cnsn1. The molecule has 0 amide bonds. The van der Waals surface area contributed by atoms with Crippen molar-refractivity contribution in [3.8, 4) is 0 Å². The molecule has 0 radical (unpaired) electrons. The first-order chi connectivity index (χ1) is 6.29. The van der Waals surface area contributed by atoms with Crippen LogP contribution in [-0.2, 0) is 7.05 Å². The van der Waals surface area contributed by atoms with E-state index in [1.165, 1.54) is 17.1 Å². The number of nitrogens with zero attached hydrogens (tertiary/aromatic N) is 5. The Kier molecular flexibility index (Phi) is 2.03. The first kappa shape index (κ1) is 8.27. The second-order valence-electron chi connectivity index (χ2n) is 2.52. The van der Waals surface area contributed by atoms with E-state index in [1.54, 1.807) is 7.05 Å².